The van der Waals surface area contributed by atoms with Crippen LogP contribution in [0.1, 0.15) is 45.9 Å². The van der Waals surface area contributed by atoms with E-state index in [0.717, 1.165) is 33.5 Å². The van der Waals surface area contributed by atoms with Gasteiger partial charge in [-0.05, 0) is 43.2 Å². The van der Waals surface area contributed by atoms with Crippen LogP contribution in [0.5, 0.6) is 0 Å². The lowest BCUT2D eigenvalue weighted by atomic mass is 10.1. The van der Waals surface area contributed by atoms with Gasteiger partial charge in [-0.2, -0.15) is 18.3 Å². The third kappa shape index (κ3) is 9.82. The van der Waals surface area contributed by atoms with Gasteiger partial charge in [0, 0.05) is 12.5 Å². The summed E-state index contributed by atoms with van der Waals surface area (Å²) < 4.78 is 79.3. The number of rotatable bonds is 13. The summed E-state index contributed by atoms with van der Waals surface area (Å²) in [6, 6.07) is 11.5. The molecule has 48 heavy (non-hydrogen) atoms. The molecule has 0 fully saturated rings. The highest BCUT2D eigenvalue weighted by Crippen LogP contribution is 2.33. The number of likely N-dealkylation sites (N-methyl/N-ethyl adjacent to an activating group) is 1. The van der Waals surface area contributed by atoms with Crippen LogP contribution in [-0.2, 0) is 35.3 Å². The van der Waals surface area contributed by atoms with Crippen LogP contribution in [0, 0.1) is 24.0 Å². The van der Waals surface area contributed by atoms with Crippen molar-refractivity contribution in [3.63, 3.8) is 0 Å². The molecule has 1 heterocycles. The summed E-state index contributed by atoms with van der Waals surface area (Å²) in [7, 11) is -3.15. The second kappa shape index (κ2) is 15.4. The predicted molar refractivity (Wildman–Crippen MR) is 164 cm³/mol. The van der Waals surface area contributed by atoms with Gasteiger partial charge in [-0.3, -0.25) is 9.63 Å². The number of carbonyl (C=O) groups excluding carboxylic acids is 2. The molecule has 1 amide bonds. The van der Waals surface area contributed by atoms with Gasteiger partial charge in [-0.15, -0.1) is 5.01 Å². The number of aryl methyl sites for hydroxylation is 1. The first-order valence-electron chi connectivity index (χ1n) is 14.6. The van der Waals surface area contributed by atoms with Gasteiger partial charge in [0.05, 0.1) is 34.2 Å². The summed E-state index contributed by atoms with van der Waals surface area (Å²) in [6.07, 6.45) is -7.23. The van der Waals surface area contributed by atoms with Crippen LogP contribution in [0.2, 0.25) is 0 Å². The van der Waals surface area contributed by atoms with Crippen LogP contribution < -0.4 is 4.72 Å². The molecule has 18 heteroatoms. The Morgan fingerprint density at radius 1 is 1.06 bits per heavy atom. The maximum Gasteiger partial charge on any atom is 0.435 e. The largest absolute Gasteiger partial charge is 0.569 e. The SMILES string of the molecule is Cc1ccc(-c2cc(C(F)(F)F)nn2-c2ccc(S(=O)(=O)NC(=O)OC[C@H](C(C)C)N(C)/[N+]([O-])=N/OC(C)OC(=O)C(C)C)cc2)cc1. The number of esters is 1. The van der Waals surface area contributed by atoms with E-state index in [4.69, 9.17) is 14.3 Å². The minimum Gasteiger partial charge on any atom is -0.569 e. The lowest BCUT2D eigenvalue weighted by molar-refractivity contribution is -0.716. The number of halogens is 3. The molecule has 0 aliphatic carbocycles. The number of benzene rings is 2. The van der Waals surface area contributed by atoms with Crippen molar-refractivity contribution in [2.24, 2.45) is 17.1 Å². The minimum absolute atomic E-state index is 0.0610. The van der Waals surface area contributed by atoms with E-state index in [-0.39, 0.29) is 27.2 Å². The molecule has 0 spiro atoms. The van der Waals surface area contributed by atoms with Crippen LogP contribution in [-0.4, -0.2) is 66.2 Å². The van der Waals surface area contributed by atoms with E-state index >= 15 is 0 Å². The van der Waals surface area contributed by atoms with Crippen LogP contribution in [0.15, 0.2) is 64.8 Å². The summed E-state index contributed by atoms with van der Waals surface area (Å²) in [4.78, 5) is 28.7. The zero-order valence-electron chi connectivity index (χ0n) is 27.3. The summed E-state index contributed by atoms with van der Waals surface area (Å²) in [5.41, 5.74) is 0.489. The average Bonchev–Trinajstić information content (AvgIpc) is 3.46. The number of aromatic nitrogens is 2. The monoisotopic (exact) mass is 698 g/mol. The Hall–Kier alpha value is -4.87. The van der Waals surface area contributed by atoms with Crippen molar-refractivity contribution >= 4 is 22.1 Å². The molecule has 0 bridgehead atoms. The van der Waals surface area contributed by atoms with Crippen molar-refractivity contribution in [1.29, 1.82) is 0 Å². The van der Waals surface area contributed by atoms with Gasteiger partial charge in [-0.1, -0.05) is 57.5 Å². The van der Waals surface area contributed by atoms with E-state index in [1.165, 1.54) is 26.1 Å². The first-order chi connectivity index (χ1) is 22.3. The van der Waals surface area contributed by atoms with Crippen molar-refractivity contribution < 1.29 is 50.5 Å². The minimum atomic E-state index is -4.72. The second-order valence-electron chi connectivity index (χ2n) is 11.4. The molecule has 0 saturated carbocycles. The van der Waals surface area contributed by atoms with Gasteiger partial charge in [0.25, 0.3) is 16.3 Å². The van der Waals surface area contributed by atoms with Crippen LogP contribution in [0.4, 0.5) is 18.0 Å². The molecule has 2 aromatic carbocycles. The molecule has 0 saturated heterocycles. The summed E-state index contributed by atoms with van der Waals surface area (Å²) in [6.45, 7) is 9.42. The highest BCUT2D eigenvalue weighted by atomic mass is 32.2. The maximum absolute atomic E-state index is 13.5. The van der Waals surface area contributed by atoms with Crippen molar-refractivity contribution in [3.8, 4) is 16.9 Å². The van der Waals surface area contributed by atoms with E-state index in [1.54, 1.807) is 56.7 Å². The topological polar surface area (TPSA) is 167 Å². The Bertz CT molecular complexity index is 1710. The Morgan fingerprint density at radius 3 is 2.21 bits per heavy atom. The number of alkyl halides is 3. The van der Waals surface area contributed by atoms with Gasteiger partial charge in [0.15, 0.2) is 5.69 Å². The third-order valence-corrected chi connectivity index (χ3v) is 8.21. The second-order valence-corrected chi connectivity index (χ2v) is 13.1. The molecule has 1 aromatic heterocycles. The van der Waals surface area contributed by atoms with E-state index in [9.17, 15) is 36.4 Å². The molecule has 0 aliphatic heterocycles. The Labute approximate surface area is 275 Å². The highest BCUT2D eigenvalue weighted by Gasteiger charge is 2.35. The van der Waals surface area contributed by atoms with Crippen LogP contribution in [0.3, 0.4) is 0 Å². The molecule has 1 N–H and O–H groups in total. The van der Waals surface area contributed by atoms with E-state index in [0.29, 0.717) is 5.56 Å². The Kier molecular flexibility index (Phi) is 12.0. The van der Waals surface area contributed by atoms with Crippen molar-refractivity contribution in [2.75, 3.05) is 13.7 Å². The van der Waals surface area contributed by atoms with E-state index < -0.39 is 58.8 Å². The Morgan fingerprint density at radius 2 is 1.67 bits per heavy atom. The van der Waals surface area contributed by atoms with Gasteiger partial charge in [0.2, 0.25) is 5.28 Å². The smallest absolute Gasteiger partial charge is 0.435 e. The van der Waals surface area contributed by atoms with Crippen molar-refractivity contribution in [2.45, 2.75) is 64.9 Å². The van der Waals surface area contributed by atoms with Crippen LogP contribution >= 0.6 is 0 Å². The standard InChI is InChI=1S/C30H37F3N6O8S/c1-18(2)26(37(7)39(42)36-47-21(6)46-28(40)19(3)4)17-45-29(41)35-48(43,44)24-14-12-23(13-15-24)38-25(16-27(34-38)30(31,32)33)22-10-8-20(5)9-11-22/h8-16,18-19,21,26H,17H2,1-7H3,(H,35,41)/b39-36-/t21?,26-/m1/s1. The maximum atomic E-state index is 13.5. The average molecular weight is 699 g/mol. The highest BCUT2D eigenvalue weighted by molar-refractivity contribution is 7.90. The summed E-state index contributed by atoms with van der Waals surface area (Å²) in [5, 5.41) is 20.5. The fourth-order valence-corrected chi connectivity index (χ4v) is 5.01. The zero-order valence-corrected chi connectivity index (χ0v) is 28.1. The summed E-state index contributed by atoms with van der Waals surface area (Å²) in [5.74, 6) is -1.29. The lowest BCUT2D eigenvalue weighted by Crippen LogP contribution is -2.45. The number of hydrogen-bond donors (Lipinski definition) is 1. The van der Waals surface area contributed by atoms with Crippen molar-refractivity contribution in [3.05, 3.63) is 71.1 Å². The van der Waals surface area contributed by atoms with Gasteiger partial charge < -0.3 is 14.7 Å². The number of amides is 1. The molecule has 2 atom stereocenters. The fraction of sp³-hybridized carbons (Fsp3) is 0.433. The van der Waals surface area contributed by atoms with Crippen molar-refractivity contribution in [1.82, 2.24) is 19.5 Å². The number of carbonyl (C=O) groups is 2. The molecule has 262 valence electrons. The number of hydrazine groups is 1. The Balaban J connectivity index is 1.70. The normalized spacial score (nSPS) is 13.6. The quantitative estimate of drug-likeness (QED) is 0.0781. The number of nitrogens with one attached hydrogen (secondary N) is 1. The van der Waals surface area contributed by atoms with Gasteiger partial charge >= 0.3 is 18.2 Å². The first-order valence-corrected chi connectivity index (χ1v) is 16.1. The number of ether oxygens (including phenoxy) is 2. The third-order valence-electron chi connectivity index (χ3n) is 6.88. The number of sulfonamides is 1. The van der Waals surface area contributed by atoms with Gasteiger partial charge in [0.1, 0.15) is 12.6 Å². The predicted octanol–water partition coefficient (Wildman–Crippen LogP) is 5.59. The van der Waals surface area contributed by atoms with Crippen LogP contribution in [0.25, 0.3) is 16.9 Å². The molecule has 0 radical (unpaired) electrons. The first kappa shape index (κ1) is 37.6. The van der Waals surface area contributed by atoms with Gasteiger partial charge in [-0.25, -0.2) is 22.6 Å². The molecule has 14 nitrogen and oxygen atoms in total. The summed E-state index contributed by atoms with van der Waals surface area (Å²) >= 11 is 0. The molecular weight excluding hydrogens is 661 g/mol. The molecule has 1 unspecified atom stereocenters. The lowest BCUT2D eigenvalue weighted by Gasteiger charge is -2.26. The van der Waals surface area contributed by atoms with E-state index in [2.05, 4.69) is 10.4 Å². The number of nitrogens with zero attached hydrogens (tertiary/aromatic N) is 5. The molecule has 0 aliphatic rings. The fourth-order valence-electron chi connectivity index (χ4n) is 4.12. The van der Waals surface area contributed by atoms with E-state index in [1.807, 2.05) is 6.92 Å². The molecular formula is C30H37F3N6O8S. The zero-order chi connectivity index (χ0) is 36.0. The molecule has 3 aromatic rings. The molecule has 3 rings (SSSR count). The number of hydrogen-bond acceptors (Lipinski definition) is 10.